The van der Waals surface area contributed by atoms with E-state index in [1.54, 1.807) is 0 Å². The van der Waals surface area contributed by atoms with Crippen LogP contribution in [-0.2, 0) is 0 Å². The Labute approximate surface area is 250 Å². The van der Waals surface area contributed by atoms with E-state index in [1.165, 1.54) is 5.39 Å². The van der Waals surface area contributed by atoms with Gasteiger partial charge in [-0.3, -0.25) is 0 Å². The predicted molar refractivity (Wildman–Crippen MR) is 175 cm³/mol. The molecule has 43 heavy (non-hydrogen) atoms. The van der Waals surface area contributed by atoms with Gasteiger partial charge in [0, 0.05) is 38.2 Å². The maximum Gasteiger partial charge on any atom is 0.170 e. The lowest BCUT2D eigenvalue weighted by Crippen LogP contribution is -2.36. The third kappa shape index (κ3) is 3.79. The van der Waals surface area contributed by atoms with Gasteiger partial charge >= 0.3 is 0 Å². The Morgan fingerprint density at radius 3 is 2.14 bits per heavy atom. The minimum atomic E-state index is -0.549. The van der Waals surface area contributed by atoms with Gasteiger partial charge in [-0.25, -0.2) is 9.98 Å². The van der Waals surface area contributed by atoms with Gasteiger partial charge in [-0.1, -0.05) is 103 Å². The first-order valence-electron chi connectivity index (χ1n) is 14.1. The number of furan rings is 2. The van der Waals surface area contributed by atoms with Gasteiger partial charge in [0.1, 0.15) is 28.4 Å². The number of amidine groups is 2. The highest BCUT2D eigenvalue weighted by molar-refractivity contribution is 6.36. The van der Waals surface area contributed by atoms with Gasteiger partial charge < -0.3 is 14.2 Å². The van der Waals surface area contributed by atoms with Gasteiger partial charge in [0.05, 0.1) is 5.02 Å². The van der Waals surface area contributed by atoms with Crippen LogP contribution >= 0.6 is 11.6 Å². The highest BCUT2D eigenvalue weighted by Crippen LogP contribution is 2.40. The molecule has 1 N–H and O–H groups in total. The van der Waals surface area contributed by atoms with Crippen molar-refractivity contribution in [1.29, 1.82) is 0 Å². The van der Waals surface area contributed by atoms with Crippen LogP contribution in [0.4, 0.5) is 0 Å². The third-order valence-electron chi connectivity index (χ3n) is 8.21. The van der Waals surface area contributed by atoms with Crippen molar-refractivity contribution in [1.82, 2.24) is 5.32 Å². The standard InChI is InChI=1S/C37H22ClN3O2/c38-28-19-18-27(33-25-11-4-6-14-30(25)43-34(28)33)37-40-35(23-17-16-21-8-1-2-9-22(21)20-23)39-36(41-37)26-12-7-15-31-32(26)24-10-3-5-13-29(24)42-31/h1-20,37H,(H,39,40,41). The average Bonchev–Trinajstić information content (AvgIpc) is 3.64. The Morgan fingerprint density at radius 2 is 1.28 bits per heavy atom. The third-order valence-corrected chi connectivity index (χ3v) is 8.51. The van der Waals surface area contributed by atoms with Crippen LogP contribution in [0.2, 0.25) is 5.02 Å². The molecule has 0 spiro atoms. The Hall–Kier alpha value is -5.39. The maximum atomic E-state index is 6.66. The summed E-state index contributed by atoms with van der Waals surface area (Å²) < 4.78 is 12.4. The Bertz CT molecular complexity index is 2470. The monoisotopic (exact) mass is 575 g/mol. The lowest BCUT2D eigenvalue weighted by Gasteiger charge is -2.23. The fraction of sp³-hybridized carbons (Fsp3) is 0.0270. The molecule has 5 nitrogen and oxygen atoms in total. The molecule has 0 saturated heterocycles. The van der Waals surface area contributed by atoms with Gasteiger partial charge in [0.2, 0.25) is 0 Å². The molecule has 0 aliphatic carbocycles. The van der Waals surface area contributed by atoms with Crippen LogP contribution in [0.1, 0.15) is 22.9 Å². The maximum absolute atomic E-state index is 6.66. The minimum Gasteiger partial charge on any atom is -0.456 e. The van der Waals surface area contributed by atoms with Crippen LogP contribution < -0.4 is 5.32 Å². The minimum absolute atomic E-state index is 0.549. The fourth-order valence-electron chi connectivity index (χ4n) is 6.22. The van der Waals surface area contributed by atoms with Crippen molar-refractivity contribution in [3.63, 3.8) is 0 Å². The van der Waals surface area contributed by atoms with E-state index >= 15 is 0 Å². The van der Waals surface area contributed by atoms with Crippen LogP contribution in [0.25, 0.3) is 54.6 Å². The quantitative estimate of drug-likeness (QED) is 0.228. The molecular weight excluding hydrogens is 554 g/mol. The molecule has 0 radical (unpaired) electrons. The van der Waals surface area contributed by atoms with Crippen molar-refractivity contribution in [2.24, 2.45) is 9.98 Å². The van der Waals surface area contributed by atoms with Crippen molar-refractivity contribution in [3.8, 4) is 0 Å². The number of halogens is 1. The summed E-state index contributed by atoms with van der Waals surface area (Å²) in [7, 11) is 0. The molecule has 0 saturated carbocycles. The molecule has 0 amide bonds. The summed E-state index contributed by atoms with van der Waals surface area (Å²) in [6.45, 7) is 0. The van der Waals surface area contributed by atoms with Gasteiger partial charge in [-0.05, 0) is 41.1 Å². The zero-order valence-electron chi connectivity index (χ0n) is 22.7. The number of nitrogens with one attached hydrogen (secondary N) is 1. The number of fused-ring (bicyclic) bond motifs is 7. The highest BCUT2D eigenvalue weighted by Gasteiger charge is 2.26. The zero-order chi connectivity index (χ0) is 28.5. The summed E-state index contributed by atoms with van der Waals surface area (Å²) >= 11 is 6.66. The molecule has 8 aromatic rings. The summed E-state index contributed by atoms with van der Waals surface area (Å²) in [6.07, 6.45) is -0.549. The summed E-state index contributed by atoms with van der Waals surface area (Å²) in [4.78, 5) is 10.5. The molecule has 1 unspecified atom stereocenters. The number of nitrogens with zero attached hydrogens (tertiary/aromatic N) is 2. The molecule has 2 aromatic heterocycles. The SMILES string of the molecule is Clc1ccc(C2N=C(c3ccc4ccccc4c3)NC(c3cccc4oc5ccccc5c34)=N2)c2c1oc1ccccc12. The summed E-state index contributed by atoms with van der Waals surface area (Å²) in [6, 6.07) is 40.8. The number of benzene rings is 6. The molecule has 6 heteroatoms. The zero-order valence-corrected chi connectivity index (χ0v) is 23.5. The first-order valence-corrected chi connectivity index (χ1v) is 14.5. The molecule has 6 aromatic carbocycles. The van der Waals surface area contributed by atoms with Crippen molar-refractivity contribution in [2.75, 3.05) is 0 Å². The van der Waals surface area contributed by atoms with Gasteiger partial charge in [-0.2, -0.15) is 0 Å². The summed E-state index contributed by atoms with van der Waals surface area (Å²) in [5, 5.41) is 10.4. The topological polar surface area (TPSA) is 63.0 Å². The van der Waals surface area contributed by atoms with Gasteiger partial charge in [-0.15, -0.1) is 0 Å². The lowest BCUT2D eigenvalue weighted by molar-refractivity contribution is 0.667. The highest BCUT2D eigenvalue weighted by atomic mass is 35.5. The molecular formula is C37H22ClN3O2. The largest absolute Gasteiger partial charge is 0.456 e. The molecule has 1 atom stereocenters. The fourth-order valence-corrected chi connectivity index (χ4v) is 6.41. The molecule has 0 fully saturated rings. The first-order chi connectivity index (χ1) is 21.2. The predicted octanol–water partition coefficient (Wildman–Crippen LogP) is 9.79. The van der Waals surface area contributed by atoms with E-state index in [0.717, 1.165) is 72.0 Å². The van der Waals surface area contributed by atoms with Crippen LogP contribution in [0.5, 0.6) is 0 Å². The number of rotatable bonds is 3. The number of hydrogen-bond donors (Lipinski definition) is 1. The van der Waals surface area contributed by atoms with E-state index in [1.807, 2.05) is 60.7 Å². The number of aliphatic imine (C=N–C) groups is 2. The van der Waals surface area contributed by atoms with E-state index in [2.05, 4.69) is 66.0 Å². The Balaban J connectivity index is 1.30. The number of hydrogen-bond acceptors (Lipinski definition) is 5. The molecule has 1 aliphatic heterocycles. The van der Waals surface area contributed by atoms with Crippen LogP contribution in [0, 0.1) is 0 Å². The van der Waals surface area contributed by atoms with Crippen LogP contribution in [0.3, 0.4) is 0 Å². The van der Waals surface area contributed by atoms with Crippen molar-refractivity contribution in [2.45, 2.75) is 6.17 Å². The van der Waals surface area contributed by atoms with Crippen molar-refractivity contribution in [3.05, 3.63) is 143 Å². The lowest BCUT2D eigenvalue weighted by atomic mass is 10.0. The molecule has 0 bridgehead atoms. The second-order valence-electron chi connectivity index (χ2n) is 10.7. The van der Waals surface area contributed by atoms with E-state index in [-0.39, 0.29) is 0 Å². The molecule has 204 valence electrons. The van der Waals surface area contributed by atoms with Crippen molar-refractivity contribution >= 4 is 77.9 Å². The second-order valence-corrected chi connectivity index (χ2v) is 11.1. The summed E-state index contributed by atoms with van der Waals surface area (Å²) in [5.74, 6) is 1.46. The average molecular weight is 576 g/mol. The molecule has 1 aliphatic rings. The van der Waals surface area contributed by atoms with E-state index < -0.39 is 6.17 Å². The van der Waals surface area contributed by atoms with E-state index in [0.29, 0.717) is 10.6 Å². The van der Waals surface area contributed by atoms with E-state index in [4.69, 9.17) is 30.4 Å². The normalized spacial score (nSPS) is 15.3. The first kappa shape index (κ1) is 24.2. The molecule has 3 heterocycles. The van der Waals surface area contributed by atoms with Crippen molar-refractivity contribution < 1.29 is 8.83 Å². The molecule has 9 rings (SSSR count). The Kier molecular flexibility index (Phi) is 5.25. The van der Waals surface area contributed by atoms with Gasteiger partial charge in [0.15, 0.2) is 11.7 Å². The van der Waals surface area contributed by atoms with Gasteiger partial charge in [0.25, 0.3) is 0 Å². The summed E-state index contributed by atoms with van der Waals surface area (Å²) in [5.41, 5.74) is 5.91. The van der Waals surface area contributed by atoms with Crippen LogP contribution in [-0.4, -0.2) is 11.7 Å². The van der Waals surface area contributed by atoms with E-state index in [9.17, 15) is 0 Å². The van der Waals surface area contributed by atoms with Crippen LogP contribution in [0.15, 0.2) is 140 Å². The Morgan fingerprint density at radius 1 is 0.581 bits per heavy atom. The smallest absolute Gasteiger partial charge is 0.170 e. The number of para-hydroxylation sites is 2. The second kappa shape index (κ2) is 9.31.